The molecule has 0 aromatic carbocycles. The van der Waals surface area contributed by atoms with E-state index in [9.17, 15) is 5.11 Å². The molecule has 0 rings (SSSR count). The Kier molecular flexibility index (Phi) is 24.0. The number of aliphatic hydroxyl groups excluding tert-OH is 1. The molecule has 0 aromatic heterocycles. The maximum atomic E-state index is 12.0. The highest BCUT2D eigenvalue weighted by Gasteiger charge is 2.43. The smallest absolute Gasteiger partial charge is 0.192 e. The zero-order valence-corrected chi connectivity index (χ0v) is 40.1. The summed E-state index contributed by atoms with van der Waals surface area (Å²) in [5, 5.41) is 12.3. The molecule has 0 aliphatic rings. The van der Waals surface area contributed by atoms with Gasteiger partial charge in [0, 0.05) is 19.1 Å². The van der Waals surface area contributed by atoms with Crippen LogP contribution in [0.3, 0.4) is 0 Å². The van der Waals surface area contributed by atoms with Crippen LogP contribution in [0.5, 0.6) is 0 Å². The van der Waals surface area contributed by atoms with E-state index in [0.717, 1.165) is 6.42 Å². The van der Waals surface area contributed by atoms with Gasteiger partial charge in [0.05, 0.1) is 43.5 Å². The van der Waals surface area contributed by atoms with Gasteiger partial charge in [0.15, 0.2) is 16.6 Å². The minimum Gasteiger partial charge on any atom is -1.00 e. The van der Waals surface area contributed by atoms with E-state index in [1.54, 1.807) is 0 Å². The first-order chi connectivity index (χ1) is 21.4. The molecule has 1 N–H and O–H groups in total. The van der Waals surface area contributed by atoms with Crippen molar-refractivity contribution in [3.05, 3.63) is 23.3 Å². The number of hydrogen-bond acceptors (Lipinski definition) is 3. The van der Waals surface area contributed by atoms with Gasteiger partial charge in [-0.1, -0.05) is 120 Å². The standard InChI is InChI=1S/C41H86O3PSi2.BrH/c1-19-22-27-45(28-23-20-2,29-24-21-3)32-34(5)31-35(6)38(42)37(8)39(44-47(17,18)41(12,13)14)36(7)30-33(4)25-26-43-46(15,16)40(9,10)11;/h25,31,35-39,42H,19-24,26-30,32H2,1-18H3;1H/q+1;/p-1/b33-25+,34-31+;/t35-,36+,37-,38+,39-;/m1./s1. The van der Waals surface area contributed by atoms with Gasteiger partial charge in [0.1, 0.15) is 0 Å². The van der Waals surface area contributed by atoms with Crippen LogP contribution in [0.4, 0.5) is 0 Å². The lowest BCUT2D eigenvalue weighted by molar-refractivity contribution is -0.0135. The van der Waals surface area contributed by atoms with E-state index in [0.29, 0.717) is 12.5 Å². The number of halogens is 1. The van der Waals surface area contributed by atoms with E-state index in [4.69, 9.17) is 8.85 Å². The summed E-state index contributed by atoms with van der Waals surface area (Å²) < 4.78 is 13.7. The molecule has 0 fully saturated rings. The minimum absolute atomic E-state index is 0. The molecule has 0 saturated carbocycles. The first-order valence-electron chi connectivity index (χ1n) is 19.6. The lowest BCUT2D eigenvalue weighted by Crippen LogP contribution is -3.00. The summed E-state index contributed by atoms with van der Waals surface area (Å²) in [6.07, 6.45) is 18.8. The van der Waals surface area contributed by atoms with E-state index < -0.39 is 30.0 Å². The third kappa shape index (κ3) is 17.5. The monoisotopic (exact) mass is 793 g/mol. The molecule has 7 heteroatoms. The average molecular weight is 794 g/mol. The van der Waals surface area contributed by atoms with E-state index in [-0.39, 0.29) is 45.0 Å². The molecule has 3 nitrogen and oxygen atoms in total. The molecule has 0 radical (unpaired) electrons. The molecule has 0 saturated heterocycles. The number of aliphatic hydroxyl groups is 1. The third-order valence-corrected chi connectivity index (χ3v) is 25.7. The lowest BCUT2D eigenvalue weighted by atomic mass is 9.82. The average Bonchev–Trinajstić information content (AvgIpc) is 2.94. The molecule has 0 bridgehead atoms. The Hall–Kier alpha value is 0.704. The molecule has 0 amide bonds. The zero-order chi connectivity index (χ0) is 36.9. The van der Waals surface area contributed by atoms with Crippen LogP contribution in [0.2, 0.25) is 36.3 Å². The largest absolute Gasteiger partial charge is 1.00 e. The van der Waals surface area contributed by atoms with Gasteiger partial charge in [0.25, 0.3) is 0 Å². The molecule has 0 aliphatic heterocycles. The molecule has 0 unspecified atom stereocenters. The van der Waals surface area contributed by atoms with E-state index >= 15 is 0 Å². The molecular weight excluding hydrogens is 707 g/mol. The molecule has 0 aromatic rings. The maximum absolute atomic E-state index is 12.0. The van der Waals surface area contributed by atoms with Crippen LogP contribution in [-0.2, 0) is 8.85 Å². The number of unbranched alkanes of at least 4 members (excludes halogenated alkanes) is 3. The summed E-state index contributed by atoms with van der Waals surface area (Å²) in [6.45, 7) is 42.4. The quantitative estimate of drug-likeness (QED) is 0.0636. The Balaban J connectivity index is 0. The van der Waals surface area contributed by atoms with Crippen LogP contribution >= 0.6 is 7.26 Å². The van der Waals surface area contributed by atoms with Gasteiger partial charge in [-0.2, -0.15) is 0 Å². The van der Waals surface area contributed by atoms with Crippen molar-refractivity contribution >= 4 is 23.9 Å². The molecular formula is C41H86BrO3PSi2. The Morgan fingerprint density at radius 2 is 1.19 bits per heavy atom. The fraction of sp³-hybridized carbons (Fsp3) is 0.902. The molecule has 0 aliphatic carbocycles. The van der Waals surface area contributed by atoms with Gasteiger partial charge in [-0.25, -0.2) is 0 Å². The van der Waals surface area contributed by atoms with E-state index in [2.05, 4.69) is 135 Å². The van der Waals surface area contributed by atoms with Crippen molar-refractivity contribution in [3.8, 4) is 0 Å². The van der Waals surface area contributed by atoms with Crippen LogP contribution in [-0.4, -0.2) is 65.2 Å². The van der Waals surface area contributed by atoms with E-state index in [1.807, 2.05) is 0 Å². The van der Waals surface area contributed by atoms with Crippen molar-refractivity contribution in [1.29, 1.82) is 0 Å². The van der Waals surface area contributed by atoms with Gasteiger partial charge < -0.3 is 30.9 Å². The SMILES string of the molecule is CCCC[P+](CCCC)(CCCC)C/C(C)=C/[C@@H](C)[C@H](O)[C@@H](C)[C@H](O[Si](C)(C)C(C)(C)C)[C@@H](C)C/C(C)=C/CO[Si](C)(C)C(C)(C)C.[Br-]. The Labute approximate surface area is 316 Å². The van der Waals surface area contributed by atoms with Crippen LogP contribution in [0.15, 0.2) is 23.3 Å². The predicted octanol–water partition coefficient (Wildman–Crippen LogP) is 10.4. The second kappa shape index (κ2) is 22.7. The molecule has 288 valence electrons. The first-order valence-corrected chi connectivity index (χ1v) is 27.9. The van der Waals surface area contributed by atoms with Crippen molar-refractivity contribution in [3.63, 3.8) is 0 Å². The fourth-order valence-corrected chi connectivity index (χ4v) is 14.1. The van der Waals surface area contributed by atoms with Crippen molar-refractivity contribution in [2.24, 2.45) is 17.8 Å². The van der Waals surface area contributed by atoms with E-state index in [1.165, 1.54) is 74.3 Å². The molecule has 0 spiro atoms. The maximum Gasteiger partial charge on any atom is 0.192 e. The number of rotatable bonds is 23. The predicted molar refractivity (Wildman–Crippen MR) is 222 cm³/mol. The van der Waals surface area contributed by atoms with Crippen molar-refractivity contribution in [1.82, 2.24) is 0 Å². The Morgan fingerprint density at radius 3 is 1.58 bits per heavy atom. The summed E-state index contributed by atoms with van der Waals surface area (Å²) >= 11 is 0. The molecule has 48 heavy (non-hydrogen) atoms. The highest BCUT2D eigenvalue weighted by Crippen LogP contribution is 2.62. The molecule has 5 atom stereocenters. The third-order valence-electron chi connectivity index (χ3n) is 11.8. The van der Waals surface area contributed by atoms with Crippen LogP contribution in [0.1, 0.15) is 142 Å². The molecule has 0 heterocycles. The Morgan fingerprint density at radius 1 is 0.750 bits per heavy atom. The topological polar surface area (TPSA) is 38.7 Å². The second-order valence-electron chi connectivity index (χ2n) is 18.6. The van der Waals surface area contributed by atoms with Crippen LogP contribution in [0.25, 0.3) is 0 Å². The highest BCUT2D eigenvalue weighted by molar-refractivity contribution is 7.76. The number of allylic oxidation sites excluding steroid dienone is 2. The highest BCUT2D eigenvalue weighted by atomic mass is 79.9. The lowest BCUT2D eigenvalue weighted by Gasteiger charge is -2.44. The van der Waals surface area contributed by atoms with Crippen molar-refractivity contribution in [2.75, 3.05) is 31.3 Å². The summed E-state index contributed by atoms with van der Waals surface area (Å²) in [5.74, 6) is 0.433. The summed E-state index contributed by atoms with van der Waals surface area (Å²) in [5.41, 5.74) is 2.87. The first kappa shape index (κ1) is 50.8. The second-order valence-corrected chi connectivity index (χ2v) is 32.5. The van der Waals surface area contributed by atoms with Gasteiger partial charge in [-0.3, -0.25) is 0 Å². The van der Waals surface area contributed by atoms with Gasteiger partial charge in [0.2, 0.25) is 0 Å². The summed E-state index contributed by atoms with van der Waals surface area (Å²) in [4.78, 5) is 0. The van der Waals surface area contributed by atoms with Gasteiger partial charge in [-0.05, 0) is 87.3 Å². The van der Waals surface area contributed by atoms with Crippen LogP contribution < -0.4 is 17.0 Å². The zero-order valence-electron chi connectivity index (χ0n) is 35.6. The fourth-order valence-electron chi connectivity index (χ4n) is 6.43. The normalized spacial score (nSPS) is 17.5. The summed E-state index contributed by atoms with van der Waals surface area (Å²) in [7, 11) is -4.86. The van der Waals surface area contributed by atoms with Crippen molar-refractivity contribution in [2.45, 2.75) is 190 Å². The minimum atomic E-state index is -2.06. The summed E-state index contributed by atoms with van der Waals surface area (Å²) in [6, 6.07) is 0. The van der Waals surface area contributed by atoms with Crippen LogP contribution in [0, 0.1) is 17.8 Å². The van der Waals surface area contributed by atoms with Crippen molar-refractivity contribution < 1.29 is 30.9 Å². The number of hydrogen-bond donors (Lipinski definition) is 1. The van der Waals surface area contributed by atoms with Gasteiger partial charge in [-0.15, -0.1) is 0 Å². The van der Waals surface area contributed by atoms with Gasteiger partial charge >= 0.3 is 0 Å². The Bertz CT molecular complexity index is 913.